The fraction of sp³-hybridized carbons (Fsp3) is 0.385. The number of hydrogen-bond acceptors (Lipinski definition) is 2. The molecule has 0 spiro atoms. The van der Waals surface area contributed by atoms with Gasteiger partial charge in [0.05, 0.1) is 11.4 Å². The predicted octanol–water partition coefficient (Wildman–Crippen LogP) is 2.03. The molecule has 0 saturated carbocycles. The van der Waals surface area contributed by atoms with Gasteiger partial charge in [0, 0.05) is 25.1 Å². The Hall–Kier alpha value is -1.56. The minimum atomic E-state index is -0.709. The largest absolute Gasteiger partial charge is 0.393 e. The monoisotopic (exact) mass is 286 g/mol. The number of benzene rings is 1. The molecule has 0 unspecified atom stereocenters. The third kappa shape index (κ3) is 4.55. The van der Waals surface area contributed by atoms with Crippen LogP contribution in [0.25, 0.3) is 0 Å². The lowest BCUT2D eigenvalue weighted by Crippen LogP contribution is -2.35. The van der Waals surface area contributed by atoms with Crippen LogP contribution in [-0.2, 0) is 11.2 Å². The zero-order chi connectivity index (χ0) is 14.4. The van der Waals surface area contributed by atoms with Crippen molar-refractivity contribution in [3.63, 3.8) is 0 Å². The SMILES string of the molecule is CCN(CCC(N)=S)C(=O)Cc1c(F)cccc1F. The van der Waals surface area contributed by atoms with Crippen molar-refractivity contribution in [3.8, 4) is 0 Å². The molecule has 2 N–H and O–H groups in total. The first-order valence-electron chi connectivity index (χ1n) is 5.94. The number of halogens is 2. The van der Waals surface area contributed by atoms with Crippen molar-refractivity contribution in [1.29, 1.82) is 0 Å². The summed E-state index contributed by atoms with van der Waals surface area (Å²) in [7, 11) is 0. The maximum Gasteiger partial charge on any atom is 0.227 e. The second-order valence-electron chi connectivity index (χ2n) is 4.07. The van der Waals surface area contributed by atoms with E-state index in [9.17, 15) is 13.6 Å². The summed E-state index contributed by atoms with van der Waals surface area (Å²) in [5.74, 6) is -1.76. The van der Waals surface area contributed by atoms with E-state index in [0.717, 1.165) is 12.1 Å². The number of nitrogens with two attached hydrogens (primary N) is 1. The molecule has 6 heteroatoms. The van der Waals surface area contributed by atoms with Crippen LogP contribution in [0.4, 0.5) is 8.78 Å². The Morgan fingerprint density at radius 2 is 1.95 bits per heavy atom. The summed E-state index contributed by atoms with van der Waals surface area (Å²) in [6.07, 6.45) is 0.0956. The molecule has 1 amide bonds. The normalized spacial score (nSPS) is 10.3. The summed E-state index contributed by atoms with van der Waals surface area (Å²) in [6, 6.07) is 3.54. The molecule has 0 aliphatic heterocycles. The van der Waals surface area contributed by atoms with Crippen LogP contribution >= 0.6 is 12.2 Å². The smallest absolute Gasteiger partial charge is 0.227 e. The van der Waals surface area contributed by atoms with Crippen molar-refractivity contribution < 1.29 is 13.6 Å². The summed E-state index contributed by atoms with van der Waals surface area (Å²) in [5.41, 5.74) is 5.16. The lowest BCUT2D eigenvalue weighted by Gasteiger charge is -2.20. The number of carbonyl (C=O) groups is 1. The molecule has 1 aromatic carbocycles. The molecule has 0 bridgehead atoms. The number of amides is 1. The second-order valence-corrected chi connectivity index (χ2v) is 4.59. The van der Waals surface area contributed by atoms with Crippen molar-refractivity contribution in [2.45, 2.75) is 19.8 Å². The van der Waals surface area contributed by atoms with Crippen LogP contribution in [-0.4, -0.2) is 28.9 Å². The molecule has 0 heterocycles. The summed E-state index contributed by atoms with van der Waals surface area (Å²) >= 11 is 4.74. The molecule has 1 rings (SSSR count). The number of likely N-dealkylation sites (N-methyl/N-ethyl adjacent to an activating group) is 1. The van der Waals surface area contributed by atoms with Crippen molar-refractivity contribution in [2.75, 3.05) is 13.1 Å². The number of hydrogen-bond donors (Lipinski definition) is 1. The van der Waals surface area contributed by atoms with Gasteiger partial charge in [-0.1, -0.05) is 18.3 Å². The first-order valence-corrected chi connectivity index (χ1v) is 6.35. The third-order valence-electron chi connectivity index (χ3n) is 2.75. The van der Waals surface area contributed by atoms with E-state index in [1.165, 1.54) is 11.0 Å². The van der Waals surface area contributed by atoms with E-state index in [1.807, 2.05) is 0 Å². The highest BCUT2D eigenvalue weighted by atomic mass is 32.1. The molecule has 1 aromatic rings. The van der Waals surface area contributed by atoms with Gasteiger partial charge in [-0.2, -0.15) is 0 Å². The zero-order valence-corrected chi connectivity index (χ0v) is 11.5. The van der Waals surface area contributed by atoms with Gasteiger partial charge in [-0.3, -0.25) is 4.79 Å². The summed E-state index contributed by atoms with van der Waals surface area (Å²) < 4.78 is 26.9. The molecule has 19 heavy (non-hydrogen) atoms. The molecule has 0 fully saturated rings. The molecule has 0 atom stereocenters. The van der Waals surface area contributed by atoms with E-state index in [0.29, 0.717) is 24.5 Å². The lowest BCUT2D eigenvalue weighted by molar-refractivity contribution is -0.130. The van der Waals surface area contributed by atoms with Crippen LogP contribution in [0.3, 0.4) is 0 Å². The van der Waals surface area contributed by atoms with Crippen molar-refractivity contribution in [2.24, 2.45) is 5.73 Å². The van der Waals surface area contributed by atoms with E-state index >= 15 is 0 Å². The zero-order valence-electron chi connectivity index (χ0n) is 10.7. The molecule has 0 aliphatic carbocycles. The van der Waals surface area contributed by atoms with E-state index in [-0.39, 0.29) is 17.9 Å². The quantitative estimate of drug-likeness (QED) is 0.814. The average molecular weight is 286 g/mol. The predicted molar refractivity (Wildman–Crippen MR) is 73.7 cm³/mol. The third-order valence-corrected chi connectivity index (χ3v) is 2.96. The Balaban J connectivity index is 2.74. The highest BCUT2D eigenvalue weighted by molar-refractivity contribution is 7.80. The standard InChI is InChI=1S/C13H16F2N2OS/c1-2-17(7-6-12(16)19)13(18)8-9-10(14)4-3-5-11(9)15/h3-5H,2,6-8H2,1H3,(H2,16,19). The van der Waals surface area contributed by atoms with Crippen molar-refractivity contribution >= 4 is 23.1 Å². The Bertz CT molecular complexity index is 459. The molecular formula is C13H16F2N2OS. The van der Waals surface area contributed by atoms with E-state index in [1.54, 1.807) is 6.92 Å². The maximum atomic E-state index is 13.4. The lowest BCUT2D eigenvalue weighted by atomic mass is 10.1. The highest BCUT2D eigenvalue weighted by Gasteiger charge is 2.17. The van der Waals surface area contributed by atoms with Crippen LogP contribution in [0, 0.1) is 11.6 Å². The van der Waals surface area contributed by atoms with Crippen LogP contribution in [0.1, 0.15) is 18.9 Å². The molecule has 0 saturated heterocycles. The van der Waals surface area contributed by atoms with E-state index < -0.39 is 11.6 Å². The van der Waals surface area contributed by atoms with Crippen LogP contribution in [0.2, 0.25) is 0 Å². The first-order chi connectivity index (χ1) is 8.95. The Morgan fingerprint density at radius 1 is 1.37 bits per heavy atom. The van der Waals surface area contributed by atoms with Gasteiger partial charge in [-0.25, -0.2) is 8.78 Å². The topological polar surface area (TPSA) is 46.3 Å². The van der Waals surface area contributed by atoms with Crippen LogP contribution < -0.4 is 5.73 Å². The Labute approximate surface area is 116 Å². The van der Waals surface area contributed by atoms with E-state index in [4.69, 9.17) is 18.0 Å². The van der Waals surface area contributed by atoms with Gasteiger partial charge in [0.15, 0.2) is 0 Å². The number of thiocarbonyl (C=S) groups is 1. The average Bonchev–Trinajstić information content (AvgIpc) is 2.34. The van der Waals surface area contributed by atoms with Crippen LogP contribution in [0.5, 0.6) is 0 Å². The molecule has 0 aliphatic rings. The molecule has 104 valence electrons. The fourth-order valence-corrected chi connectivity index (χ4v) is 1.76. The first kappa shape index (κ1) is 15.5. The summed E-state index contributed by atoms with van der Waals surface area (Å²) in [6.45, 7) is 2.59. The maximum absolute atomic E-state index is 13.4. The fourth-order valence-electron chi connectivity index (χ4n) is 1.67. The van der Waals surface area contributed by atoms with Gasteiger partial charge < -0.3 is 10.6 Å². The number of rotatable bonds is 6. The van der Waals surface area contributed by atoms with Gasteiger partial charge in [-0.15, -0.1) is 0 Å². The minimum Gasteiger partial charge on any atom is -0.393 e. The van der Waals surface area contributed by atoms with Gasteiger partial charge in [-0.05, 0) is 19.1 Å². The Morgan fingerprint density at radius 3 is 2.42 bits per heavy atom. The van der Waals surface area contributed by atoms with Crippen molar-refractivity contribution in [1.82, 2.24) is 4.90 Å². The van der Waals surface area contributed by atoms with Gasteiger partial charge >= 0.3 is 0 Å². The van der Waals surface area contributed by atoms with Gasteiger partial charge in [0.2, 0.25) is 5.91 Å². The van der Waals surface area contributed by atoms with Crippen molar-refractivity contribution in [3.05, 3.63) is 35.4 Å². The molecule has 0 radical (unpaired) electrons. The summed E-state index contributed by atoms with van der Waals surface area (Å²) in [5, 5.41) is 0. The summed E-state index contributed by atoms with van der Waals surface area (Å²) in [4.78, 5) is 13.8. The number of carbonyl (C=O) groups excluding carboxylic acids is 1. The molecular weight excluding hydrogens is 270 g/mol. The Kier molecular flexibility index (Phi) is 5.82. The number of nitrogens with zero attached hydrogens (tertiary/aromatic N) is 1. The minimum absolute atomic E-state index is 0.207. The van der Waals surface area contributed by atoms with Crippen LogP contribution in [0.15, 0.2) is 18.2 Å². The second kappa shape index (κ2) is 7.13. The van der Waals surface area contributed by atoms with Gasteiger partial charge in [0.1, 0.15) is 11.6 Å². The van der Waals surface area contributed by atoms with Gasteiger partial charge in [0.25, 0.3) is 0 Å². The molecule has 3 nitrogen and oxygen atoms in total. The molecule has 0 aromatic heterocycles. The van der Waals surface area contributed by atoms with E-state index in [2.05, 4.69) is 0 Å². The highest BCUT2D eigenvalue weighted by Crippen LogP contribution is 2.13.